The van der Waals surface area contributed by atoms with Gasteiger partial charge in [-0.1, -0.05) is 37.6 Å². The number of anilines is 1. The van der Waals surface area contributed by atoms with E-state index in [2.05, 4.69) is 14.3 Å². The number of piperazine rings is 1. The molecule has 5 nitrogen and oxygen atoms in total. The van der Waals surface area contributed by atoms with E-state index in [1.165, 1.54) is 11.5 Å². The van der Waals surface area contributed by atoms with E-state index in [0.717, 1.165) is 47.7 Å². The third kappa shape index (κ3) is 4.05. The average Bonchev–Trinajstić information content (AvgIpc) is 3.05. The van der Waals surface area contributed by atoms with Gasteiger partial charge < -0.3 is 9.80 Å². The molecule has 0 saturated carbocycles. The van der Waals surface area contributed by atoms with Crippen molar-refractivity contribution in [1.82, 2.24) is 14.3 Å². The Hall–Kier alpha value is -1.66. The minimum Gasteiger partial charge on any atom is -0.343 e. The van der Waals surface area contributed by atoms with E-state index in [0.29, 0.717) is 6.42 Å². The summed E-state index contributed by atoms with van der Waals surface area (Å²) < 4.78 is 4.47. The van der Waals surface area contributed by atoms with Crippen LogP contribution >= 0.6 is 23.1 Å². The van der Waals surface area contributed by atoms with Gasteiger partial charge >= 0.3 is 0 Å². The SMILES string of the molecule is CC(C)C(=O)N1CCN(c2nc(Cc3ccc(Cl)cc3)ns2)CC1. The van der Waals surface area contributed by atoms with Gasteiger partial charge in [-0.25, -0.2) is 4.98 Å². The Bertz CT molecular complexity index is 693. The number of halogens is 1. The number of carbonyl (C=O) groups is 1. The first kappa shape index (κ1) is 17.2. The summed E-state index contributed by atoms with van der Waals surface area (Å²) >= 11 is 7.34. The summed E-state index contributed by atoms with van der Waals surface area (Å²) in [7, 11) is 0. The molecule has 0 aliphatic carbocycles. The van der Waals surface area contributed by atoms with Crippen LogP contribution in [0.3, 0.4) is 0 Å². The molecule has 3 rings (SSSR count). The van der Waals surface area contributed by atoms with Crippen molar-refractivity contribution in [2.45, 2.75) is 20.3 Å². The van der Waals surface area contributed by atoms with Gasteiger partial charge in [0.15, 0.2) is 0 Å². The number of amides is 1. The minimum atomic E-state index is 0.0593. The lowest BCUT2D eigenvalue weighted by atomic mass is 10.1. The third-order valence-corrected chi connectivity index (χ3v) is 5.16. The van der Waals surface area contributed by atoms with Gasteiger partial charge in [-0.3, -0.25) is 4.79 Å². The minimum absolute atomic E-state index is 0.0593. The van der Waals surface area contributed by atoms with Gasteiger partial charge in [-0.05, 0) is 17.7 Å². The van der Waals surface area contributed by atoms with Crippen LogP contribution in [-0.4, -0.2) is 46.3 Å². The van der Waals surface area contributed by atoms with E-state index >= 15 is 0 Å². The van der Waals surface area contributed by atoms with Crippen LogP contribution < -0.4 is 4.90 Å². The number of rotatable bonds is 4. The molecule has 0 spiro atoms. The smallest absolute Gasteiger partial charge is 0.225 e. The van der Waals surface area contributed by atoms with Crippen molar-refractivity contribution < 1.29 is 4.79 Å². The monoisotopic (exact) mass is 364 g/mol. The van der Waals surface area contributed by atoms with Gasteiger partial charge in [0.25, 0.3) is 0 Å². The Balaban J connectivity index is 1.58. The van der Waals surface area contributed by atoms with Gasteiger partial charge in [0.05, 0.1) is 0 Å². The molecule has 1 aliphatic rings. The zero-order valence-electron chi connectivity index (χ0n) is 13.9. The predicted molar refractivity (Wildman–Crippen MR) is 97.8 cm³/mol. The Morgan fingerprint density at radius 1 is 1.21 bits per heavy atom. The number of aromatic nitrogens is 2. The van der Waals surface area contributed by atoms with Crippen LogP contribution in [0.2, 0.25) is 5.02 Å². The summed E-state index contributed by atoms with van der Waals surface area (Å²) in [5.41, 5.74) is 1.15. The van der Waals surface area contributed by atoms with E-state index in [-0.39, 0.29) is 11.8 Å². The Labute approximate surface area is 151 Å². The molecule has 0 N–H and O–H groups in total. The van der Waals surface area contributed by atoms with Crippen molar-refractivity contribution in [3.8, 4) is 0 Å². The summed E-state index contributed by atoms with van der Waals surface area (Å²) in [5.74, 6) is 1.12. The normalized spacial score (nSPS) is 15.2. The molecule has 2 heterocycles. The van der Waals surface area contributed by atoms with Gasteiger partial charge in [-0.2, -0.15) is 4.37 Å². The highest BCUT2D eigenvalue weighted by molar-refractivity contribution is 7.09. The fourth-order valence-corrected chi connectivity index (χ4v) is 3.58. The van der Waals surface area contributed by atoms with Crippen LogP contribution in [0.15, 0.2) is 24.3 Å². The van der Waals surface area contributed by atoms with E-state index in [4.69, 9.17) is 11.6 Å². The van der Waals surface area contributed by atoms with Crippen molar-refractivity contribution >= 4 is 34.2 Å². The lowest BCUT2D eigenvalue weighted by Gasteiger charge is -2.35. The molecule has 1 saturated heterocycles. The molecule has 1 aliphatic heterocycles. The van der Waals surface area contributed by atoms with E-state index < -0.39 is 0 Å². The van der Waals surface area contributed by atoms with Crippen LogP contribution in [0.4, 0.5) is 5.13 Å². The highest BCUT2D eigenvalue weighted by Gasteiger charge is 2.24. The first-order chi connectivity index (χ1) is 11.5. The Morgan fingerprint density at radius 3 is 2.50 bits per heavy atom. The quantitative estimate of drug-likeness (QED) is 0.836. The van der Waals surface area contributed by atoms with Crippen molar-refractivity contribution in [2.75, 3.05) is 31.1 Å². The molecule has 128 valence electrons. The molecule has 0 unspecified atom stereocenters. The van der Waals surface area contributed by atoms with E-state index in [1.54, 1.807) is 0 Å². The maximum Gasteiger partial charge on any atom is 0.225 e. The molecule has 0 bridgehead atoms. The van der Waals surface area contributed by atoms with Crippen molar-refractivity contribution in [3.05, 3.63) is 40.7 Å². The number of hydrogen-bond donors (Lipinski definition) is 0. The van der Waals surface area contributed by atoms with Crippen molar-refractivity contribution in [2.24, 2.45) is 5.92 Å². The molecule has 1 fully saturated rings. The molecule has 7 heteroatoms. The van der Waals surface area contributed by atoms with Crippen molar-refractivity contribution in [3.63, 3.8) is 0 Å². The Morgan fingerprint density at radius 2 is 1.88 bits per heavy atom. The van der Waals surface area contributed by atoms with E-state index in [9.17, 15) is 4.79 Å². The zero-order valence-corrected chi connectivity index (χ0v) is 15.5. The maximum absolute atomic E-state index is 12.0. The molecule has 1 aromatic carbocycles. The lowest BCUT2D eigenvalue weighted by molar-refractivity contribution is -0.134. The summed E-state index contributed by atoms with van der Waals surface area (Å²) in [6.07, 6.45) is 0.708. The molecule has 2 aromatic rings. The molecule has 0 radical (unpaired) electrons. The first-order valence-corrected chi connectivity index (χ1v) is 9.29. The number of benzene rings is 1. The van der Waals surface area contributed by atoms with Crippen LogP contribution in [0.1, 0.15) is 25.2 Å². The number of hydrogen-bond acceptors (Lipinski definition) is 5. The highest BCUT2D eigenvalue weighted by Crippen LogP contribution is 2.21. The second-order valence-corrected chi connectivity index (χ2v) is 7.43. The van der Waals surface area contributed by atoms with Gasteiger partial charge in [0.2, 0.25) is 11.0 Å². The molecule has 0 atom stereocenters. The summed E-state index contributed by atoms with van der Waals surface area (Å²) in [6.45, 7) is 7.03. The van der Waals surface area contributed by atoms with Gasteiger partial charge in [-0.15, -0.1) is 0 Å². The number of carbonyl (C=O) groups excluding carboxylic acids is 1. The third-order valence-electron chi connectivity index (χ3n) is 4.09. The van der Waals surface area contributed by atoms with Gasteiger partial charge in [0, 0.05) is 55.1 Å². The molecule has 1 aromatic heterocycles. The average molecular weight is 365 g/mol. The Kier molecular flexibility index (Phi) is 5.36. The fourth-order valence-electron chi connectivity index (χ4n) is 2.71. The van der Waals surface area contributed by atoms with Crippen LogP contribution in [0.25, 0.3) is 0 Å². The van der Waals surface area contributed by atoms with E-state index in [1.807, 2.05) is 43.0 Å². The predicted octanol–water partition coefficient (Wildman–Crippen LogP) is 3.09. The summed E-state index contributed by atoms with van der Waals surface area (Å²) in [4.78, 5) is 20.9. The second kappa shape index (κ2) is 7.49. The van der Waals surface area contributed by atoms with Crippen LogP contribution in [0, 0.1) is 5.92 Å². The fraction of sp³-hybridized carbons (Fsp3) is 0.471. The van der Waals surface area contributed by atoms with Crippen LogP contribution in [0.5, 0.6) is 0 Å². The first-order valence-electron chi connectivity index (χ1n) is 8.13. The van der Waals surface area contributed by atoms with Gasteiger partial charge in [0.1, 0.15) is 5.82 Å². The van der Waals surface area contributed by atoms with Crippen LogP contribution in [-0.2, 0) is 11.2 Å². The molecular weight excluding hydrogens is 344 g/mol. The lowest BCUT2D eigenvalue weighted by Crippen LogP contribution is -2.49. The summed E-state index contributed by atoms with van der Waals surface area (Å²) in [5, 5.41) is 1.68. The second-order valence-electron chi connectivity index (χ2n) is 6.26. The zero-order chi connectivity index (χ0) is 17.1. The van der Waals surface area contributed by atoms with Crippen molar-refractivity contribution in [1.29, 1.82) is 0 Å². The molecular formula is C17H21ClN4OS. The highest BCUT2D eigenvalue weighted by atomic mass is 35.5. The largest absolute Gasteiger partial charge is 0.343 e. The number of nitrogens with zero attached hydrogens (tertiary/aromatic N) is 4. The standard InChI is InChI=1S/C17H21ClN4OS/c1-12(2)16(23)21-7-9-22(10-8-21)17-19-15(20-24-17)11-13-3-5-14(18)6-4-13/h3-6,12H,7-11H2,1-2H3. The molecule has 1 amide bonds. The topological polar surface area (TPSA) is 49.3 Å². The summed E-state index contributed by atoms with van der Waals surface area (Å²) in [6, 6.07) is 7.77. The maximum atomic E-state index is 12.0. The molecule has 24 heavy (non-hydrogen) atoms.